The number of carbonyl (C=O) groups excluding carboxylic acids is 1. The Labute approximate surface area is 174 Å². The summed E-state index contributed by atoms with van der Waals surface area (Å²) in [5.74, 6) is -0.318. The number of rotatable bonds is 4. The summed E-state index contributed by atoms with van der Waals surface area (Å²) >= 11 is 0. The average Bonchev–Trinajstić information content (AvgIpc) is 3.03. The van der Waals surface area contributed by atoms with Crippen molar-refractivity contribution in [1.29, 1.82) is 0 Å². The van der Waals surface area contributed by atoms with Gasteiger partial charge in [0, 0.05) is 18.3 Å². The number of pyridine rings is 2. The molecular weight excluding hydrogens is 382 g/mol. The van der Waals surface area contributed by atoms with Crippen LogP contribution in [0.2, 0.25) is 0 Å². The van der Waals surface area contributed by atoms with Gasteiger partial charge in [-0.1, -0.05) is 31.7 Å². The van der Waals surface area contributed by atoms with E-state index in [1.165, 1.54) is 4.57 Å². The lowest BCUT2D eigenvalue weighted by Gasteiger charge is -2.18. The molecule has 1 aromatic carbocycles. The van der Waals surface area contributed by atoms with E-state index in [4.69, 9.17) is 4.74 Å². The summed E-state index contributed by atoms with van der Waals surface area (Å²) in [7, 11) is 1.54. The van der Waals surface area contributed by atoms with Crippen molar-refractivity contribution in [3.63, 3.8) is 0 Å². The van der Waals surface area contributed by atoms with Gasteiger partial charge in [0.2, 0.25) is 0 Å². The normalized spacial score (nSPS) is 15.0. The first-order chi connectivity index (χ1) is 14.6. The Morgan fingerprint density at radius 1 is 1.17 bits per heavy atom. The number of hydrogen-bond acceptors (Lipinski definition) is 5. The van der Waals surface area contributed by atoms with E-state index < -0.39 is 11.5 Å². The molecule has 1 fully saturated rings. The number of nitrogens with zero attached hydrogens (tertiary/aromatic N) is 2. The van der Waals surface area contributed by atoms with Gasteiger partial charge in [-0.05, 0) is 37.1 Å². The third-order valence-corrected chi connectivity index (χ3v) is 5.64. The molecule has 3 aromatic rings. The molecule has 2 heterocycles. The molecule has 0 unspecified atom stereocenters. The zero-order chi connectivity index (χ0) is 21.1. The van der Waals surface area contributed by atoms with Crippen molar-refractivity contribution in [2.75, 3.05) is 7.11 Å². The van der Waals surface area contributed by atoms with Crippen molar-refractivity contribution >= 4 is 16.9 Å². The number of amides is 1. The number of ether oxygens (including phenoxy) is 1. The fourth-order valence-corrected chi connectivity index (χ4v) is 4.08. The molecule has 4 rings (SSSR count). The zero-order valence-corrected chi connectivity index (χ0v) is 16.9. The van der Waals surface area contributed by atoms with Crippen LogP contribution in [0.25, 0.3) is 16.7 Å². The summed E-state index contributed by atoms with van der Waals surface area (Å²) in [4.78, 5) is 30.8. The number of fused-ring (bicyclic) bond motifs is 1. The van der Waals surface area contributed by atoms with E-state index in [0.29, 0.717) is 16.8 Å². The molecule has 0 spiro atoms. The Morgan fingerprint density at radius 2 is 1.93 bits per heavy atom. The summed E-state index contributed by atoms with van der Waals surface area (Å²) in [6, 6.07) is 10.3. The van der Waals surface area contributed by atoms with Crippen LogP contribution in [0.5, 0.6) is 11.5 Å². The Hall–Kier alpha value is -3.35. The summed E-state index contributed by atoms with van der Waals surface area (Å²) in [6.45, 7) is 0. The standard InChI is InChI=1S/C23H25N3O4/c1-30-17-11-6-10-16(14-17)26-21-18(12-7-13-24-21)20(27)19(23(26)29)22(28)25-15-8-4-2-3-5-9-15/h6-7,10-15,27H,2-5,8-9H2,1H3,(H,25,28). The molecule has 156 valence electrons. The van der Waals surface area contributed by atoms with Gasteiger partial charge < -0.3 is 15.2 Å². The molecular formula is C23H25N3O4. The molecule has 7 nitrogen and oxygen atoms in total. The molecule has 2 aromatic heterocycles. The fourth-order valence-electron chi connectivity index (χ4n) is 4.08. The van der Waals surface area contributed by atoms with Gasteiger partial charge in [-0.15, -0.1) is 0 Å². The monoisotopic (exact) mass is 407 g/mol. The van der Waals surface area contributed by atoms with E-state index in [0.717, 1.165) is 38.5 Å². The molecule has 1 aliphatic rings. The van der Waals surface area contributed by atoms with E-state index in [-0.39, 0.29) is 23.0 Å². The maximum absolute atomic E-state index is 13.4. The minimum atomic E-state index is -0.613. The predicted octanol–water partition coefficient (Wildman–Crippen LogP) is 3.55. The van der Waals surface area contributed by atoms with Crippen molar-refractivity contribution in [3.05, 3.63) is 58.5 Å². The molecule has 0 bridgehead atoms. The van der Waals surface area contributed by atoms with E-state index >= 15 is 0 Å². The second-order valence-electron chi connectivity index (χ2n) is 7.60. The van der Waals surface area contributed by atoms with Crippen molar-refractivity contribution in [3.8, 4) is 17.2 Å². The molecule has 30 heavy (non-hydrogen) atoms. The van der Waals surface area contributed by atoms with Crippen LogP contribution >= 0.6 is 0 Å². The number of aromatic nitrogens is 2. The van der Waals surface area contributed by atoms with Crippen LogP contribution < -0.4 is 15.6 Å². The number of hydrogen-bond donors (Lipinski definition) is 2. The smallest absolute Gasteiger partial charge is 0.273 e. The van der Waals surface area contributed by atoms with Gasteiger partial charge in [0.1, 0.15) is 17.1 Å². The molecule has 0 radical (unpaired) electrons. The Kier molecular flexibility index (Phi) is 5.70. The number of benzene rings is 1. The number of aromatic hydroxyl groups is 1. The number of methoxy groups -OCH3 is 1. The van der Waals surface area contributed by atoms with E-state index in [1.54, 1.807) is 49.7 Å². The Bertz CT molecular complexity index is 1130. The lowest BCUT2D eigenvalue weighted by atomic mass is 10.1. The van der Waals surface area contributed by atoms with Crippen LogP contribution in [-0.4, -0.2) is 33.7 Å². The topological polar surface area (TPSA) is 93.5 Å². The Morgan fingerprint density at radius 3 is 2.67 bits per heavy atom. The minimum absolute atomic E-state index is 0.00802. The second-order valence-corrected chi connectivity index (χ2v) is 7.60. The molecule has 2 N–H and O–H groups in total. The Balaban J connectivity index is 1.86. The molecule has 1 amide bonds. The zero-order valence-electron chi connectivity index (χ0n) is 16.9. The third kappa shape index (κ3) is 3.75. The first-order valence-electron chi connectivity index (χ1n) is 10.3. The highest BCUT2D eigenvalue weighted by atomic mass is 16.5. The number of nitrogens with one attached hydrogen (secondary N) is 1. The van der Waals surface area contributed by atoms with Gasteiger partial charge in [-0.3, -0.25) is 14.2 Å². The van der Waals surface area contributed by atoms with Crippen molar-refractivity contribution in [2.24, 2.45) is 0 Å². The molecule has 1 saturated carbocycles. The molecule has 0 aliphatic heterocycles. The minimum Gasteiger partial charge on any atom is -0.506 e. The predicted molar refractivity (Wildman–Crippen MR) is 115 cm³/mol. The van der Waals surface area contributed by atoms with Crippen LogP contribution in [0, 0.1) is 0 Å². The maximum Gasteiger partial charge on any atom is 0.273 e. The van der Waals surface area contributed by atoms with E-state index in [9.17, 15) is 14.7 Å². The lowest BCUT2D eigenvalue weighted by Crippen LogP contribution is -2.38. The van der Waals surface area contributed by atoms with Crippen LogP contribution in [0.4, 0.5) is 0 Å². The summed E-state index contributed by atoms with van der Waals surface area (Å²) in [5, 5.41) is 14.1. The first-order valence-corrected chi connectivity index (χ1v) is 10.3. The summed E-state index contributed by atoms with van der Waals surface area (Å²) in [6.07, 6.45) is 7.71. The summed E-state index contributed by atoms with van der Waals surface area (Å²) in [5.41, 5.74) is -0.0912. The first kappa shape index (κ1) is 19.9. The summed E-state index contributed by atoms with van der Waals surface area (Å²) < 4.78 is 6.62. The molecule has 7 heteroatoms. The third-order valence-electron chi connectivity index (χ3n) is 5.64. The van der Waals surface area contributed by atoms with Gasteiger partial charge >= 0.3 is 0 Å². The second kappa shape index (κ2) is 8.57. The van der Waals surface area contributed by atoms with Gasteiger partial charge in [-0.2, -0.15) is 0 Å². The highest BCUT2D eigenvalue weighted by Crippen LogP contribution is 2.28. The fraction of sp³-hybridized carbons (Fsp3) is 0.348. The van der Waals surface area contributed by atoms with Crippen molar-refractivity contribution in [2.45, 2.75) is 44.6 Å². The molecule has 1 aliphatic carbocycles. The number of carbonyl (C=O) groups is 1. The van der Waals surface area contributed by atoms with Crippen molar-refractivity contribution in [1.82, 2.24) is 14.9 Å². The SMILES string of the molecule is COc1cccc(-n2c(=O)c(C(=O)NC3CCCCCC3)c(O)c3cccnc32)c1. The quantitative estimate of drug-likeness (QED) is 0.645. The largest absolute Gasteiger partial charge is 0.506 e. The average molecular weight is 407 g/mol. The van der Waals surface area contributed by atoms with E-state index in [2.05, 4.69) is 10.3 Å². The van der Waals surface area contributed by atoms with Gasteiger partial charge in [0.25, 0.3) is 11.5 Å². The highest BCUT2D eigenvalue weighted by Gasteiger charge is 2.25. The van der Waals surface area contributed by atoms with Gasteiger partial charge in [0.05, 0.1) is 18.2 Å². The van der Waals surface area contributed by atoms with Gasteiger partial charge in [0.15, 0.2) is 5.65 Å². The van der Waals surface area contributed by atoms with Crippen molar-refractivity contribution < 1.29 is 14.6 Å². The van der Waals surface area contributed by atoms with Crippen LogP contribution in [-0.2, 0) is 0 Å². The molecule has 0 saturated heterocycles. The lowest BCUT2D eigenvalue weighted by molar-refractivity contribution is 0.0929. The highest BCUT2D eigenvalue weighted by molar-refractivity contribution is 6.02. The van der Waals surface area contributed by atoms with Crippen LogP contribution in [0.1, 0.15) is 48.9 Å². The van der Waals surface area contributed by atoms with Gasteiger partial charge in [-0.25, -0.2) is 4.98 Å². The molecule has 0 atom stereocenters. The van der Waals surface area contributed by atoms with Crippen LogP contribution in [0.15, 0.2) is 47.4 Å². The van der Waals surface area contributed by atoms with E-state index in [1.807, 2.05) is 0 Å². The van der Waals surface area contributed by atoms with Crippen LogP contribution in [0.3, 0.4) is 0 Å². The maximum atomic E-state index is 13.4.